The number of carbonyl (C=O) groups excluding carboxylic acids is 1. The van der Waals surface area contributed by atoms with Gasteiger partial charge in [-0.1, -0.05) is 0 Å². The average Bonchev–Trinajstić information content (AvgIpc) is 3.09. The van der Waals surface area contributed by atoms with E-state index in [1.807, 2.05) is 6.07 Å². The van der Waals surface area contributed by atoms with Crippen LogP contribution < -0.4 is 9.64 Å². The standard InChI is InChI=1S/C18H15F3N2O2S2/c1-11(9-26)23(13-4-7-15-16(8-13)27-10-22-15)17(24)25-14-5-2-12(3-6-14)18(19,20)21/h2-8,10-11,26H,9H2,1H3. The van der Waals surface area contributed by atoms with Gasteiger partial charge < -0.3 is 4.74 Å². The topological polar surface area (TPSA) is 42.4 Å². The summed E-state index contributed by atoms with van der Waals surface area (Å²) < 4.78 is 44.2. The Morgan fingerprint density at radius 2 is 1.96 bits per heavy atom. The molecule has 1 aromatic heterocycles. The van der Waals surface area contributed by atoms with Crippen LogP contribution in [0.2, 0.25) is 0 Å². The largest absolute Gasteiger partial charge is 0.420 e. The van der Waals surface area contributed by atoms with E-state index in [9.17, 15) is 18.0 Å². The van der Waals surface area contributed by atoms with E-state index in [1.165, 1.54) is 16.2 Å². The van der Waals surface area contributed by atoms with Crippen LogP contribution in [0.5, 0.6) is 5.75 Å². The van der Waals surface area contributed by atoms with Crippen molar-refractivity contribution in [2.75, 3.05) is 10.7 Å². The SMILES string of the molecule is CC(CS)N(C(=O)Oc1ccc(C(F)(F)F)cc1)c1ccc2ncsc2c1. The minimum atomic E-state index is -4.45. The zero-order valence-corrected chi connectivity index (χ0v) is 15.8. The van der Waals surface area contributed by atoms with E-state index in [-0.39, 0.29) is 11.8 Å². The maximum absolute atomic E-state index is 12.7. The van der Waals surface area contributed by atoms with Crippen LogP contribution in [-0.2, 0) is 6.18 Å². The van der Waals surface area contributed by atoms with Gasteiger partial charge in [-0.2, -0.15) is 25.8 Å². The van der Waals surface area contributed by atoms with E-state index in [4.69, 9.17) is 4.74 Å². The van der Waals surface area contributed by atoms with Gasteiger partial charge in [0.05, 0.1) is 21.3 Å². The fourth-order valence-corrected chi connectivity index (χ4v) is 3.35. The number of amides is 1. The number of rotatable bonds is 4. The molecule has 0 spiro atoms. The normalized spacial score (nSPS) is 12.8. The Balaban J connectivity index is 1.85. The van der Waals surface area contributed by atoms with E-state index < -0.39 is 17.8 Å². The molecular formula is C18H15F3N2O2S2. The van der Waals surface area contributed by atoms with Crippen molar-refractivity contribution in [1.82, 2.24) is 4.98 Å². The monoisotopic (exact) mass is 412 g/mol. The minimum Gasteiger partial charge on any atom is -0.410 e. The lowest BCUT2D eigenvalue weighted by atomic mass is 10.2. The Morgan fingerprint density at radius 3 is 2.59 bits per heavy atom. The van der Waals surface area contributed by atoms with Crippen molar-refractivity contribution in [2.45, 2.75) is 19.1 Å². The number of aromatic nitrogens is 1. The van der Waals surface area contributed by atoms with Gasteiger partial charge in [-0.05, 0) is 49.4 Å². The number of hydrogen-bond donors (Lipinski definition) is 1. The maximum Gasteiger partial charge on any atom is 0.420 e. The maximum atomic E-state index is 12.7. The van der Waals surface area contributed by atoms with Crippen molar-refractivity contribution >= 4 is 46.0 Å². The molecule has 0 N–H and O–H groups in total. The summed E-state index contributed by atoms with van der Waals surface area (Å²) in [6, 6.07) is 9.06. The summed E-state index contributed by atoms with van der Waals surface area (Å²) in [5.41, 5.74) is 2.32. The molecule has 0 saturated heterocycles. The smallest absolute Gasteiger partial charge is 0.410 e. The molecule has 0 aliphatic heterocycles. The lowest BCUT2D eigenvalue weighted by Crippen LogP contribution is -2.41. The lowest BCUT2D eigenvalue weighted by molar-refractivity contribution is -0.137. The van der Waals surface area contributed by atoms with E-state index in [0.29, 0.717) is 11.4 Å². The zero-order valence-electron chi connectivity index (χ0n) is 14.1. The molecule has 0 fully saturated rings. The van der Waals surface area contributed by atoms with E-state index in [1.54, 1.807) is 24.6 Å². The molecule has 142 valence electrons. The quantitative estimate of drug-likeness (QED) is 0.564. The molecule has 0 radical (unpaired) electrons. The molecule has 2 aromatic carbocycles. The van der Waals surface area contributed by atoms with Gasteiger partial charge in [0.15, 0.2) is 0 Å². The van der Waals surface area contributed by atoms with Crippen molar-refractivity contribution < 1.29 is 22.7 Å². The summed E-state index contributed by atoms with van der Waals surface area (Å²) in [5, 5.41) is 0. The van der Waals surface area contributed by atoms with E-state index in [0.717, 1.165) is 34.5 Å². The number of fused-ring (bicyclic) bond motifs is 1. The molecule has 1 heterocycles. The molecule has 0 aliphatic rings. The Bertz CT molecular complexity index is 942. The zero-order chi connectivity index (χ0) is 19.6. The van der Waals surface area contributed by atoms with Gasteiger partial charge >= 0.3 is 12.3 Å². The summed E-state index contributed by atoms with van der Waals surface area (Å²) in [6.45, 7) is 1.80. The molecule has 1 unspecified atom stereocenters. The van der Waals surface area contributed by atoms with Gasteiger partial charge in [-0.3, -0.25) is 4.90 Å². The van der Waals surface area contributed by atoms with Crippen molar-refractivity contribution in [3.05, 3.63) is 53.5 Å². The number of hydrogen-bond acceptors (Lipinski definition) is 5. The van der Waals surface area contributed by atoms with E-state index in [2.05, 4.69) is 17.6 Å². The average molecular weight is 412 g/mol. The van der Waals surface area contributed by atoms with Crippen molar-refractivity contribution in [3.8, 4) is 5.75 Å². The van der Waals surface area contributed by atoms with Gasteiger partial charge in [-0.15, -0.1) is 11.3 Å². The highest BCUT2D eigenvalue weighted by atomic mass is 32.1. The van der Waals surface area contributed by atoms with Crippen molar-refractivity contribution in [1.29, 1.82) is 0 Å². The van der Waals surface area contributed by atoms with Crippen LogP contribution in [0.3, 0.4) is 0 Å². The molecule has 1 atom stereocenters. The predicted molar refractivity (Wildman–Crippen MR) is 103 cm³/mol. The third kappa shape index (κ3) is 4.36. The van der Waals surface area contributed by atoms with Gasteiger partial charge in [-0.25, -0.2) is 9.78 Å². The number of carbonyl (C=O) groups is 1. The van der Waals surface area contributed by atoms with Gasteiger partial charge in [0.2, 0.25) is 0 Å². The fraction of sp³-hybridized carbons (Fsp3) is 0.222. The number of benzene rings is 2. The fourth-order valence-electron chi connectivity index (χ4n) is 2.48. The van der Waals surface area contributed by atoms with Crippen LogP contribution in [0.25, 0.3) is 10.2 Å². The number of ether oxygens (including phenoxy) is 1. The minimum absolute atomic E-state index is 0.0308. The number of halogens is 3. The predicted octanol–water partition coefficient (Wildman–Crippen LogP) is 5.64. The first-order valence-corrected chi connectivity index (χ1v) is 9.43. The molecule has 0 aliphatic carbocycles. The highest BCUT2D eigenvalue weighted by molar-refractivity contribution is 7.80. The molecule has 3 rings (SSSR count). The highest BCUT2D eigenvalue weighted by Gasteiger charge is 2.30. The Morgan fingerprint density at radius 1 is 1.26 bits per heavy atom. The third-order valence-electron chi connectivity index (χ3n) is 3.88. The summed E-state index contributed by atoms with van der Waals surface area (Å²) in [5.74, 6) is 0.409. The molecule has 9 heteroatoms. The third-order valence-corrected chi connectivity index (χ3v) is 5.20. The van der Waals surface area contributed by atoms with Crippen LogP contribution >= 0.6 is 24.0 Å². The first-order valence-electron chi connectivity index (χ1n) is 7.92. The number of alkyl halides is 3. The molecule has 4 nitrogen and oxygen atoms in total. The van der Waals surface area contributed by atoms with Crippen LogP contribution in [0.4, 0.5) is 23.7 Å². The molecular weight excluding hydrogens is 397 g/mol. The second kappa shape index (κ2) is 7.77. The summed E-state index contributed by atoms with van der Waals surface area (Å²) >= 11 is 5.69. The number of thiol groups is 1. The van der Waals surface area contributed by atoms with Gasteiger partial charge in [0.25, 0.3) is 0 Å². The Kier molecular flexibility index (Phi) is 5.61. The van der Waals surface area contributed by atoms with E-state index >= 15 is 0 Å². The van der Waals surface area contributed by atoms with Crippen molar-refractivity contribution in [3.63, 3.8) is 0 Å². The number of thiazole rings is 1. The summed E-state index contributed by atoms with van der Waals surface area (Å²) in [7, 11) is 0. The number of anilines is 1. The molecule has 27 heavy (non-hydrogen) atoms. The molecule has 3 aromatic rings. The van der Waals surface area contributed by atoms with Crippen LogP contribution in [0.15, 0.2) is 48.0 Å². The van der Waals surface area contributed by atoms with Gasteiger partial charge in [0, 0.05) is 17.5 Å². The summed E-state index contributed by atoms with van der Waals surface area (Å²) in [4.78, 5) is 18.3. The Hall–Kier alpha value is -2.26. The van der Waals surface area contributed by atoms with Crippen LogP contribution in [0, 0.1) is 0 Å². The first-order chi connectivity index (χ1) is 12.8. The molecule has 0 bridgehead atoms. The molecule has 1 amide bonds. The number of nitrogens with zero attached hydrogens (tertiary/aromatic N) is 2. The van der Waals surface area contributed by atoms with Crippen molar-refractivity contribution in [2.24, 2.45) is 0 Å². The second-order valence-corrected chi connectivity index (χ2v) is 7.05. The van der Waals surface area contributed by atoms with Crippen LogP contribution in [0.1, 0.15) is 12.5 Å². The first kappa shape index (κ1) is 19.5. The summed E-state index contributed by atoms with van der Waals surface area (Å²) in [6.07, 6.45) is -5.14. The van der Waals surface area contributed by atoms with Gasteiger partial charge in [0.1, 0.15) is 5.75 Å². The second-order valence-electron chi connectivity index (χ2n) is 5.80. The van der Waals surface area contributed by atoms with Crippen LogP contribution in [-0.4, -0.2) is 22.9 Å². The molecule has 0 saturated carbocycles. The lowest BCUT2D eigenvalue weighted by Gasteiger charge is -2.27. The highest BCUT2D eigenvalue weighted by Crippen LogP contribution is 2.31. The Labute approximate surface area is 163 Å².